The molecule has 144 valence electrons. The molecule has 0 spiro atoms. The van der Waals surface area contributed by atoms with E-state index in [4.69, 9.17) is 20.9 Å². The molecule has 0 bridgehead atoms. The molecule has 1 aliphatic carbocycles. The number of rotatable bonds is 5. The van der Waals surface area contributed by atoms with E-state index in [1.165, 1.54) is 12.8 Å². The zero-order valence-electron chi connectivity index (χ0n) is 15.4. The van der Waals surface area contributed by atoms with Crippen LogP contribution in [0.3, 0.4) is 0 Å². The molecule has 2 aromatic carbocycles. The van der Waals surface area contributed by atoms with Gasteiger partial charge in [-0.25, -0.2) is 0 Å². The Morgan fingerprint density at radius 1 is 1.18 bits per heavy atom. The van der Waals surface area contributed by atoms with Gasteiger partial charge in [0, 0.05) is 22.1 Å². The summed E-state index contributed by atoms with van der Waals surface area (Å²) in [5, 5.41) is 7.42. The van der Waals surface area contributed by atoms with Crippen molar-refractivity contribution in [1.82, 2.24) is 10.1 Å². The highest BCUT2D eigenvalue weighted by Crippen LogP contribution is 2.34. The van der Waals surface area contributed by atoms with Gasteiger partial charge in [0.1, 0.15) is 5.75 Å². The lowest BCUT2D eigenvalue weighted by Crippen LogP contribution is -2.12. The van der Waals surface area contributed by atoms with Crippen LogP contribution in [0.2, 0.25) is 5.02 Å². The minimum Gasteiger partial charge on any atom is -0.495 e. The Labute approximate surface area is 167 Å². The van der Waals surface area contributed by atoms with E-state index >= 15 is 0 Å². The molecule has 3 aromatic rings. The van der Waals surface area contributed by atoms with E-state index in [0.29, 0.717) is 39.7 Å². The van der Waals surface area contributed by atoms with Gasteiger partial charge in [0.15, 0.2) is 0 Å². The highest BCUT2D eigenvalue weighted by molar-refractivity contribution is 6.31. The quantitative estimate of drug-likeness (QED) is 0.631. The number of amides is 1. The number of hydrogen-bond acceptors (Lipinski definition) is 5. The van der Waals surface area contributed by atoms with E-state index in [1.807, 2.05) is 12.1 Å². The van der Waals surface area contributed by atoms with Gasteiger partial charge >= 0.3 is 0 Å². The molecule has 7 heteroatoms. The number of aromatic nitrogens is 2. The highest BCUT2D eigenvalue weighted by Gasteiger charge is 2.23. The molecule has 1 fully saturated rings. The predicted molar refractivity (Wildman–Crippen MR) is 107 cm³/mol. The predicted octanol–water partition coefficient (Wildman–Crippen LogP) is 5.31. The summed E-state index contributed by atoms with van der Waals surface area (Å²) < 4.78 is 10.7. The number of anilines is 1. The molecule has 0 aliphatic heterocycles. The first-order valence-electron chi connectivity index (χ1n) is 9.23. The Kier molecular flexibility index (Phi) is 5.30. The van der Waals surface area contributed by atoms with E-state index in [9.17, 15) is 4.79 Å². The van der Waals surface area contributed by atoms with Gasteiger partial charge in [0.05, 0.1) is 12.8 Å². The number of benzene rings is 2. The lowest BCUT2D eigenvalue weighted by atomic mass is 10.1. The van der Waals surface area contributed by atoms with Crippen molar-refractivity contribution in [3.8, 4) is 17.1 Å². The average Bonchev–Trinajstić information content (AvgIpc) is 3.40. The third kappa shape index (κ3) is 3.87. The zero-order chi connectivity index (χ0) is 19.5. The van der Waals surface area contributed by atoms with Gasteiger partial charge in [0.25, 0.3) is 5.91 Å². The first-order valence-corrected chi connectivity index (χ1v) is 9.61. The number of hydrogen-bond donors (Lipinski definition) is 1. The van der Waals surface area contributed by atoms with Crippen molar-refractivity contribution in [2.75, 3.05) is 12.4 Å². The number of halogens is 1. The normalized spacial score (nSPS) is 14.2. The molecular weight excluding hydrogens is 378 g/mol. The van der Waals surface area contributed by atoms with Crippen molar-refractivity contribution in [3.05, 3.63) is 58.9 Å². The fourth-order valence-corrected chi connectivity index (χ4v) is 3.61. The smallest absolute Gasteiger partial charge is 0.255 e. The number of carbonyl (C=O) groups is 1. The van der Waals surface area contributed by atoms with E-state index < -0.39 is 0 Å². The van der Waals surface area contributed by atoms with Crippen molar-refractivity contribution in [3.63, 3.8) is 0 Å². The van der Waals surface area contributed by atoms with Crippen LogP contribution in [0.5, 0.6) is 5.75 Å². The van der Waals surface area contributed by atoms with Gasteiger partial charge in [-0.15, -0.1) is 0 Å². The highest BCUT2D eigenvalue weighted by atomic mass is 35.5. The molecule has 1 saturated carbocycles. The molecule has 28 heavy (non-hydrogen) atoms. The summed E-state index contributed by atoms with van der Waals surface area (Å²) in [6.07, 6.45) is 4.63. The van der Waals surface area contributed by atoms with Gasteiger partial charge in [-0.3, -0.25) is 4.79 Å². The summed E-state index contributed by atoms with van der Waals surface area (Å²) in [5.74, 6) is 1.92. The minimum atomic E-state index is -0.258. The maximum atomic E-state index is 12.6. The molecule has 0 saturated heterocycles. The number of nitrogens with one attached hydrogen (secondary N) is 1. The first kappa shape index (κ1) is 18.5. The van der Waals surface area contributed by atoms with Crippen LogP contribution in [0.15, 0.2) is 47.0 Å². The van der Waals surface area contributed by atoms with Crippen LogP contribution in [0.4, 0.5) is 5.69 Å². The summed E-state index contributed by atoms with van der Waals surface area (Å²) in [5.41, 5.74) is 1.83. The van der Waals surface area contributed by atoms with Crippen molar-refractivity contribution >= 4 is 23.2 Å². The first-order chi connectivity index (χ1) is 13.6. The fourth-order valence-electron chi connectivity index (χ4n) is 3.43. The Bertz CT molecular complexity index is 979. The van der Waals surface area contributed by atoms with Crippen LogP contribution >= 0.6 is 11.6 Å². The molecule has 4 rings (SSSR count). The van der Waals surface area contributed by atoms with Gasteiger partial charge in [-0.1, -0.05) is 41.7 Å². The lowest BCUT2D eigenvalue weighted by Gasteiger charge is -2.10. The lowest BCUT2D eigenvalue weighted by molar-refractivity contribution is 0.102. The molecule has 0 radical (unpaired) electrons. The number of methoxy groups -OCH3 is 1. The topological polar surface area (TPSA) is 77.2 Å². The largest absolute Gasteiger partial charge is 0.495 e. The molecule has 0 atom stereocenters. The van der Waals surface area contributed by atoms with Crippen LogP contribution < -0.4 is 10.1 Å². The number of nitrogens with zero attached hydrogens (tertiary/aromatic N) is 2. The second kappa shape index (κ2) is 8.02. The van der Waals surface area contributed by atoms with Crippen molar-refractivity contribution in [2.24, 2.45) is 0 Å². The van der Waals surface area contributed by atoms with Crippen molar-refractivity contribution in [2.45, 2.75) is 31.6 Å². The number of carbonyl (C=O) groups excluding carboxylic acids is 1. The van der Waals surface area contributed by atoms with Crippen LogP contribution in [0, 0.1) is 0 Å². The Balaban J connectivity index is 1.48. The van der Waals surface area contributed by atoms with Gasteiger partial charge in [0.2, 0.25) is 11.7 Å². The van der Waals surface area contributed by atoms with E-state index in [-0.39, 0.29) is 5.91 Å². The molecular formula is C21H20ClN3O3. The van der Waals surface area contributed by atoms with Crippen LogP contribution in [-0.4, -0.2) is 23.2 Å². The van der Waals surface area contributed by atoms with Crippen LogP contribution in [0.1, 0.15) is 47.8 Å². The monoisotopic (exact) mass is 397 g/mol. The molecule has 0 unspecified atom stereocenters. The second-order valence-electron chi connectivity index (χ2n) is 6.81. The standard InChI is InChI=1S/C21H20ClN3O3/c1-27-18-11-10-16(22)12-17(18)23-20(26)14-8-6-13(7-9-14)19-24-21(28-25-19)15-4-2-3-5-15/h6-12,15H,2-5H2,1H3,(H,23,26). The maximum Gasteiger partial charge on any atom is 0.255 e. The maximum absolute atomic E-state index is 12.6. The van der Waals surface area contributed by atoms with Crippen LogP contribution in [-0.2, 0) is 0 Å². The van der Waals surface area contributed by atoms with Crippen LogP contribution in [0.25, 0.3) is 11.4 Å². The van der Waals surface area contributed by atoms with Gasteiger partial charge in [-0.2, -0.15) is 4.98 Å². The molecule has 1 aliphatic rings. The molecule has 1 aromatic heterocycles. The van der Waals surface area contributed by atoms with Gasteiger partial charge < -0.3 is 14.6 Å². The van der Waals surface area contributed by atoms with E-state index in [0.717, 1.165) is 18.4 Å². The Morgan fingerprint density at radius 2 is 1.93 bits per heavy atom. The summed E-state index contributed by atoms with van der Waals surface area (Å²) in [6.45, 7) is 0. The average molecular weight is 398 g/mol. The molecule has 1 heterocycles. The zero-order valence-corrected chi connectivity index (χ0v) is 16.2. The summed E-state index contributed by atoms with van der Waals surface area (Å²) in [4.78, 5) is 17.1. The SMILES string of the molecule is COc1ccc(Cl)cc1NC(=O)c1ccc(-c2noc(C3CCCC3)n2)cc1. The second-order valence-corrected chi connectivity index (χ2v) is 7.25. The Morgan fingerprint density at radius 3 is 2.64 bits per heavy atom. The van der Waals surface area contributed by atoms with Crippen molar-refractivity contribution in [1.29, 1.82) is 0 Å². The minimum absolute atomic E-state index is 0.258. The molecule has 1 N–H and O–H groups in total. The van der Waals surface area contributed by atoms with E-state index in [2.05, 4.69) is 15.5 Å². The third-order valence-corrected chi connectivity index (χ3v) is 5.20. The Hall–Kier alpha value is -2.86. The summed E-state index contributed by atoms with van der Waals surface area (Å²) >= 11 is 6.01. The third-order valence-electron chi connectivity index (χ3n) is 4.96. The fraction of sp³-hybridized carbons (Fsp3) is 0.286. The molecule has 1 amide bonds. The van der Waals surface area contributed by atoms with E-state index in [1.54, 1.807) is 37.4 Å². The van der Waals surface area contributed by atoms with Gasteiger partial charge in [-0.05, 0) is 43.2 Å². The summed E-state index contributed by atoms with van der Waals surface area (Å²) in [6, 6.07) is 12.1. The number of ether oxygens (including phenoxy) is 1. The van der Waals surface area contributed by atoms with Crippen molar-refractivity contribution < 1.29 is 14.1 Å². The summed E-state index contributed by atoms with van der Waals surface area (Å²) in [7, 11) is 1.54. The molecule has 6 nitrogen and oxygen atoms in total.